The molecular weight excluding hydrogens is 218 g/mol. The number of alkyl halides is 1. The third-order valence-electron chi connectivity index (χ3n) is 3.91. The lowest BCUT2D eigenvalue weighted by atomic mass is 9.77. The summed E-state index contributed by atoms with van der Waals surface area (Å²) >= 11 is 0. The van der Waals surface area contributed by atoms with E-state index >= 15 is 0 Å². The Labute approximate surface area is 102 Å². The molecule has 1 fully saturated rings. The van der Waals surface area contributed by atoms with Crippen molar-refractivity contribution in [1.29, 1.82) is 0 Å². The lowest BCUT2D eigenvalue weighted by Crippen LogP contribution is -2.13. The first-order valence-electron chi connectivity index (χ1n) is 6.61. The summed E-state index contributed by atoms with van der Waals surface area (Å²) in [4.78, 5) is 0. The second-order valence-electron chi connectivity index (χ2n) is 5.10. The van der Waals surface area contributed by atoms with Gasteiger partial charge in [0.2, 0.25) is 0 Å². The predicted molar refractivity (Wildman–Crippen MR) is 66.3 cm³/mol. The van der Waals surface area contributed by atoms with E-state index in [9.17, 15) is 8.78 Å². The molecule has 94 valence electrons. The third-order valence-corrected chi connectivity index (χ3v) is 3.91. The zero-order chi connectivity index (χ0) is 12.1. The molecule has 1 aliphatic carbocycles. The fraction of sp³-hybridized carbons (Fsp3) is 0.600. The van der Waals surface area contributed by atoms with Crippen LogP contribution in [-0.4, -0.2) is 6.67 Å². The number of benzene rings is 1. The summed E-state index contributed by atoms with van der Waals surface area (Å²) in [5.74, 6) is 1.06. The van der Waals surface area contributed by atoms with Crippen LogP contribution in [0.25, 0.3) is 0 Å². The van der Waals surface area contributed by atoms with Crippen LogP contribution in [0.1, 0.15) is 50.0 Å². The maximum Gasteiger partial charge on any atom is 0.123 e. The molecule has 0 aliphatic heterocycles. The summed E-state index contributed by atoms with van der Waals surface area (Å²) < 4.78 is 25.2. The Hall–Kier alpha value is -0.920. The van der Waals surface area contributed by atoms with Crippen LogP contribution in [0.3, 0.4) is 0 Å². The second kappa shape index (κ2) is 6.13. The van der Waals surface area contributed by atoms with Crippen LogP contribution in [0.15, 0.2) is 24.3 Å². The van der Waals surface area contributed by atoms with Gasteiger partial charge in [-0.2, -0.15) is 0 Å². The minimum Gasteiger partial charge on any atom is -0.251 e. The van der Waals surface area contributed by atoms with E-state index in [1.165, 1.54) is 18.9 Å². The van der Waals surface area contributed by atoms with Gasteiger partial charge in [-0.15, -0.1) is 0 Å². The van der Waals surface area contributed by atoms with Gasteiger partial charge in [0, 0.05) is 0 Å². The van der Waals surface area contributed by atoms with E-state index in [1.807, 2.05) is 6.07 Å². The van der Waals surface area contributed by atoms with Crippen LogP contribution in [-0.2, 0) is 0 Å². The summed E-state index contributed by atoms with van der Waals surface area (Å²) in [5.41, 5.74) is 1.13. The Kier molecular flexibility index (Phi) is 4.52. The molecule has 0 saturated heterocycles. The molecule has 0 amide bonds. The lowest BCUT2D eigenvalue weighted by molar-refractivity contribution is 0.293. The van der Waals surface area contributed by atoms with Gasteiger partial charge in [-0.05, 0) is 68.1 Å². The average molecular weight is 238 g/mol. The highest BCUT2D eigenvalue weighted by Crippen LogP contribution is 2.37. The molecule has 2 heteroatoms. The standard InChI is InChI=1S/C15H20F2/c16-10-2-3-12-6-8-13(9-7-12)14-4-1-5-15(17)11-14/h1,4-5,11-13H,2-3,6-10H2. The number of hydrogen-bond donors (Lipinski definition) is 0. The van der Waals surface area contributed by atoms with Crippen molar-refractivity contribution in [1.82, 2.24) is 0 Å². The Balaban J connectivity index is 1.86. The minimum absolute atomic E-state index is 0.137. The van der Waals surface area contributed by atoms with E-state index in [0.29, 0.717) is 18.3 Å². The number of halogens is 2. The van der Waals surface area contributed by atoms with Gasteiger partial charge in [-0.3, -0.25) is 4.39 Å². The Morgan fingerprint density at radius 2 is 1.88 bits per heavy atom. The van der Waals surface area contributed by atoms with Crippen molar-refractivity contribution in [2.24, 2.45) is 5.92 Å². The molecule has 0 atom stereocenters. The van der Waals surface area contributed by atoms with E-state index in [-0.39, 0.29) is 12.5 Å². The molecule has 0 N–H and O–H groups in total. The lowest BCUT2D eigenvalue weighted by Gasteiger charge is -2.28. The van der Waals surface area contributed by atoms with E-state index in [2.05, 4.69) is 0 Å². The van der Waals surface area contributed by atoms with Crippen LogP contribution >= 0.6 is 0 Å². The van der Waals surface area contributed by atoms with Crippen LogP contribution in [0.4, 0.5) is 8.78 Å². The van der Waals surface area contributed by atoms with Crippen LogP contribution < -0.4 is 0 Å². The van der Waals surface area contributed by atoms with Crippen molar-refractivity contribution >= 4 is 0 Å². The molecule has 0 heterocycles. The predicted octanol–water partition coefficient (Wildman–Crippen LogP) is 4.85. The molecule has 0 radical (unpaired) electrons. The van der Waals surface area contributed by atoms with Gasteiger partial charge < -0.3 is 0 Å². The van der Waals surface area contributed by atoms with E-state index in [4.69, 9.17) is 0 Å². The fourth-order valence-electron chi connectivity index (χ4n) is 2.91. The van der Waals surface area contributed by atoms with Crippen molar-refractivity contribution in [2.45, 2.75) is 44.4 Å². The molecule has 1 aliphatic rings. The van der Waals surface area contributed by atoms with Gasteiger partial charge in [-0.25, -0.2) is 4.39 Å². The van der Waals surface area contributed by atoms with Crippen molar-refractivity contribution in [3.8, 4) is 0 Å². The molecule has 0 aromatic heterocycles. The normalized spacial score (nSPS) is 24.8. The Bertz CT molecular complexity index is 341. The molecule has 1 aromatic rings. The molecule has 0 bridgehead atoms. The molecule has 0 nitrogen and oxygen atoms in total. The molecule has 1 aromatic carbocycles. The van der Waals surface area contributed by atoms with Crippen molar-refractivity contribution in [3.63, 3.8) is 0 Å². The number of hydrogen-bond acceptors (Lipinski definition) is 0. The first-order valence-corrected chi connectivity index (χ1v) is 6.61. The van der Waals surface area contributed by atoms with Gasteiger partial charge in [0.25, 0.3) is 0 Å². The Morgan fingerprint density at radius 3 is 2.53 bits per heavy atom. The van der Waals surface area contributed by atoms with Gasteiger partial charge in [0.1, 0.15) is 5.82 Å². The van der Waals surface area contributed by atoms with Gasteiger partial charge >= 0.3 is 0 Å². The first-order chi connectivity index (χ1) is 8.29. The fourth-order valence-corrected chi connectivity index (χ4v) is 2.91. The van der Waals surface area contributed by atoms with Crippen molar-refractivity contribution in [2.75, 3.05) is 6.67 Å². The summed E-state index contributed by atoms with van der Waals surface area (Å²) in [6.45, 7) is -0.191. The maximum atomic E-state index is 13.1. The highest BCUT2D eigenvalue weighted by Gasteiger charge is 2.22. The third kappa shape index (κ3) is 3.52. The summed E-state index contributed by atoms with van der Waals surface area (Å²) in [7, 11) is 0. The highest BCUT2D eigenvalue weighted by atomic mass is 19.1. The zero-order valence-electron chi connectivity index (χ0n) is 10.2. The van der Waals surface area contributed by atoms with Crippen molar-refractivity contribution in [3.05, 3.63) is 35.6 Å². The largest absolute Gasteiger partial charge is 0.251 e. The topological polar surface area (TPSA) is 0 Å². The van der Waals surface area contributed by atoms with E-state index in [1.54, 1.807) is 12.1 Å². The second-order valence-corrected chi connectivity index (χ2v) is 5.10. The summed E-state index contributed by atoms with van der Waals surface area (Å²) in [5, 5.41) is 0. The van der Waals surface area contributed by atoms with E-state index in [0.717, 1.165) is 24.8 Å². The Morgan fingerprint density at radius 1 is 1.12 bits per heavy atom. The molecular formula is C15H20F2. The van der Waals surface area contributed by atoms with Crippen LogP contribution in [0.5, 0.6) is 0 Å². The number of rotatable bonds is 4. The SMILES string of the molecule is FCCCC1CCC(c2cccc(F)c2)CC1. The highest BCUT2D eigenvalue weighted by molar-refractivity contribution is 5.21. The summed E-state index contributed by atoms with van der Waals surface area (Å²) in [6, 6.07) is 6.97. The maximum absolute atomic E-state index is 13.1. The minimum atomic E-state index is -0.191. The first kappa shape index (κ1) is 12.5. The molecule has 0 unspecified atom stereocenters. The van der Waals surface area contributed by atoms with Crippen LogP contribution in [0.2, 0.25) is 0 Å². The quantitative estimate of drug-likeness (QED) is 0.703. The van der Waals surface area contributed by atoms with Gasteiger partial charge in [0.05, 0.1) is 6.67 Å². The van der Waals surface area contributed by atoms with Gasteiger partial charge in [-0.1, -0.05) is 12.1 Å². The summed E-state index contributed by atoms with van der Waals surface area (Å²) in [6.07, 6.45) is 6.31. The molecule has 0 spiro atoms. The van der Waals surface area contributed by atoms with Crippen LogP contribution in [0, 0.1) is 11.7 Å². The average Bonchev–Trinajstić information content (AvgIpc) is 2.37. The van der Waals surface area contributed by atoms with Crippen molar-refractivity contribution < 1.29 is 8.78 Å². The van der Waals surface area contributed by atoms with E-state index < -0.39 is 0 Å². The van der Waals surface area contributed by atoms with Gasteiger partial charge in [0.15, 0.2) is 0 Å². The monoisotopic (exact) mass is 238 g/mol. The zero-order valence-corrected chi connectivity index (χ0v) is 10.2. The smallest absolute Gasteiger partial charge is 0.123 e. The molecule has 1 saturated carbocycles. The molecule has 17 heavy (non-hydrogen) atoms. The molecule has 2 rings (SSSR count).